The largest absolute Gasteiger partial charge is 0.469 e. The van der Waals surface area contributed by atoms with E-state index in [9.17, 15) is 4.79 Å². The minimum absolute atomic E-state index is 0.164. The van der Waals surface area contributed by atoms with Crippen LogP contribution in [0, 0.1) is 0 Å². The molecule has 3 aromatic rings. The number of amides is 1. The molecule has 0 aromatic carbocycles. The summed E-state index contributed by atoms with van der Waals surface area (Å²) in [6.07, 6.45) is 6.07. The summed E-state index contributed by atoms with van der Waals surface area (Å²) in [5.41, 5.74) is 1.20. The maximum absolute atomic E-state index is 12.1. The molecule has 0 aliphatic heterocycles. The van der Waals surface area contributed by atoms with Crippen LogP contribution in [0.1, 0.15) is 31.4 Å². The van der Waals surface area contributed by atoms with Crippen LogP contribution >= 0.6 is 0 Å². The van der Waals surface area contributed by atoms with Gasteiger partial charge in [0.2, 0.25) is 5.91 Å². The average molecular weight is 299 g/mol. The molecule has 2 N–H and O–H groups in total. The van der Waals surface area contributed by atoms with E-state index in [0.717, 1.165) is 19.3 Å². The van der Waals surface area contributed by atoms with Crippen molar-refractivity contribution in [2.75, 3.05) is 5.32 Å². The number of imidazole rings is 1. The maximum atomic E-state index is 12.1. The molecule has 0 radical (unpaired) electrons. The molecule has 0 spiro atoms. The zero-order valence-corrected chi connectivity index (χ0v) is 12.3. The van der Waals surface area contributed by atoms with E-state index in [0.29, 0.717) is 28.6 Å². The van der Waals surface area contributed by atoms with Crippen LogP contribution in [0.2, 0.25) is 0 Å². The summed E-state index contributed by atoms with van der Waals surface area (Å²) >= 11 is 0. The number of anilines is 1. The summed E-state index contributed by atoms with van der Waals surface area (Å²) in [6.45, 7) is 2.11. The summed E-state index contributed by atoms with van der Waals surface area (Å²) in [6, 6.07) is 3.52. The van der Waals surface area contributed by atoms with E-state index in [4.69, 9.17) is 4.42 Å². The molecule has 0 atom stereocenters. The van der Waals surface area contributed by atoms with E-state index >= 15 is 0 Å². The number of unbranched alkanes of at least 4 members (excludes halogenated alkanes) is 1. The number of rotatable bonds is 6. The van der Waals surface area contributed by atoms with Crippen molar-refractivity contribution >= 4 is 22.9 Å². The highest BCUT2D eigenvalue weighted by atomic mass is 16.3. The number of hydrogen-bond acceptors (Lipinski definition) is 5. The van der Waals surface area contributed by atoms with Gasteiger partial charge in [0.05, 0.1) is 19.0 Å². The molecule has 3 heterocycles. The number of hydrogen-bond donors (Lipinski definition) is 2. The second kappa shape index (κ2) is 6.38. The highest BCUT2D eigenvalue weighted by Gasteiger charge is 2.13. The van der Waals surface area contributed by atoms with Crippen molar-refractivity contribution in [1.29, 1.82) is 0 Å². The van der Waals surface area contributed by atoms with Gasteiger partial charge in [0.1, 0.15) is 17.1 Å². The third-order valence-electron chi connectivity index (χ3n) is 3.26. The minimum Gasteiger partial charge on any atom is -0.469 e. The Balaban J connectivity index is 1.81. The highest BCUT2D eigenvalue weighted by molar-refractivity contribution is 5.97. The van der Waals surface area contributed by atoms with Gasteiger partial charge in [-0.05, 0) is 18.6 Å². The SMILES string of the molecule is CCCCc1nc(NC(=O)Cc2ccco2)c2[nH]cnc2n1. The molecular formula is C15H17N5O2. The van der Waals surface area contributed by atoms with Gasteiger partial charge in [0.25, 0.3) is 0 Å². The van der Waals surface area contributed by atoms with Crippen LogP contribution in [0.3, 0.4) is 0 Å². The molecule has 3 aromatic heterocycles. The molecule has 22 heavy (non-hydrogen) atoms. The Morgan fingerprint density at radius 1 is 1.41 bits per heavy atom. The second-order valence-corrected chi connectivity index (χ2v) is 5.00. The monoisotopic (exact) mass is 299 g/mol. The zero-order valence-electron chi connectivity index (χ0n) is 12.3. The van der Waals surface area contributed by atoms with Crippen LogP contribution in [-0.2, 0) is 17.6 Å². The molecule has 7 heteroatoms. The Hall–Kier alpha value is -2.70. The van der Waals surface area contributed by atoms with Crippen molar-refractivity contribution in [2.45, 2.75) is 32.6 Å². The van der Waals surface area contributed by atoms with Gasteiger partial charge in [0, 0.05) is 6.42 Å². The Morgan fingerprint density at radius 2 is 2.32 bits per heavy atom. The molecule has 0 unspecified atom stereocenters. The number of aryl methyl sites for hydroxylation is 1. The van der Waals surface area contributed by atoms with Gasteiger partial charge in [-0.25, -0.2) is 15.0 Å². The Kier molecular flexibility index (Phi) is 4.13. The highest BCUT2D eigenvalue weighted by Crippen LogP contribution is 2.18. The average Bonchev–Trinajstić information content (AvgIpc) is 3.16. The summed E-state index contributed by atoms with van der Waals surface area (Å²) < 4.78 is 5.18. The number of furan rings is 1. The zero-order chi connectivity index (χ0) is 15.4. The lowest BCUT2D eigenvalue weighted by atomic mass is 10.2. The van der Waals surface area contributed by atoms with Gasteiger partial charge in [0.15, 0.2) is 11.5 Å². The molecule has 1 amide bonds. The first-order valence-corrected chi connectivity index (χ1v) is 7.28. The van der Waals surface area contributed by atoms with E-state index in [1.54, 1.807) is 24.7 Å². The van der Waals surface area contributed by atoms with E-state index in [2.05, 4.69) is 32.2 Å². The van der Waals surface area contributed by atoms with Gasteiger partial charge in [-0.3, -0.25) is 4.79 Å². The molecule has 7 nitrogen and oxygen atoms in total. The first-order valence-electron chi connectivity index (χ1n) is 7.28. The van der Waals surface area contributed by atoms with E-state index in [1.165, 1.54) is 0 Å². The summed E-state index contributed by atoms with van der Waals surface area (Å²) in [4.78, 5) is 28.0. The first-order chi connectivity index (χ1) is 10.8. The lowest BCUT2D eigenvalue weighted by Gasteiger charge is -2.06. The summed E-state index contributed by atoms with van der Waals surface area (Å²) in [5.74, 6) is 1.57. The topological polar surface area (TPSA) is 96.7 Å². The molecule has 0 aliphatic rings. The van der Waals surface area contributed by atoms with Crippen LogP contribution < -0.4 is 5.32 Å². The fourth-order valence-corrected chi connectivity index (χ4v) is 2.16. The summed E-state index contributed by atoms with van der Waals surface area (Å²) in [7, 11) is 0. The second-order valence-electron chi connectivity index (χ2n) is 5.00. The third-order valence-corrected chi connectivity index (χ3v) is 3.26. The van der Waals surface area contributed by atoms with Crippen molar-refractivity contribution in [3.05, 3.63) is 36.3 Å². The number of H-pyrrole nitrogens is 1. The molecule has 0 fully saturated rings. The number of aromatic nitrogens is 4. The van der Waals surface area contributed by atoms with Crippen LogP contribution in [0.25, 0.3) is 11.2 Å². The first kappa shape index (κ1) is 14.2. The van der Waals surface area contributed by atoms with Gasteiger partial charge < -0.3 is 14.7 Å². The van der Waals surface area contributed by atoms with Gasteiger partial charge in [-0.2, -0.15) is 0 Å². The molecule has 114 valence electrons. The maximum Gasteiger partial charge on any atom is 0.233 e. The normalized spacial score (nSPS) is 11.0. The lowest BCUT2D eigenvalue weighted by molar-refractivity contribution is -0.115. The lowest BCUT2D eigenvalue weighted by Crippen LogP contribution is -2.16. The van der Waals surface area contributed by atoms with Crippen molar-refractivity contribution < 1.29 is 9.21 Å². The van der Waals surface area contributed by atoms with Crippen molar-refractivity contribution in [3.8, 4) is 0 Å². The van der Waals surface area contributed by atoms with Crippen LogP contribution in [0.15, 0.2) is 29.1 Å². The van der Waals surface area contributed by atoms with Crippen LogP contribution in [0.5, 0.6) is 0 Å². The fourth-order valence-electron chi connectivity index (χ4n) is 2.16. The van der Waals surface area contributed by atoms with Crippen molar-refractivity contribution in [3.63, 3.8) is 0 Å². The number of carbonyl (C=O) groups excluding carboxylic acids is 1. The quantitative estimate of drug-likeness (QED) is 0.728. The number of aromatic amines is 1. The van der Waals surface area contributed by atoms with E-state index in [-0.39, 0.29) is 12.3 Å². The summed E-state index contributed by atoms with van der Waals surface area (Å²) in [5, 5.41) is 2.80. The van der Waals surface area contributed by atoms with Crippen LogP contribution in [-0.4, -0.2) is 25.8 Å². The molecular weight excluding hydrogens is 282 g/mol. The van der Waals surface area contributed by atoms with Crippen molar-refractivity contribution in [2.24, 2.45) is 0 Å². The predicted octanol–water partition coefficient (Wildman–Crippen LogP) is 2.47. The minimum atomic E-state index is -0.189. The van der Waals surface area contributed by atoms with E-state index in [1.807, 2.05) is 0 Å². The Morgan fingerprint density at radius 3 is 3.09 bits per heavy atom. The molecule has 0 saturated carbocycles. The molecule has 0 saturated heterocycles. The number of nitrogens with zero attached hydrogens (tertiary/aromatic N) is 3. The predicted molar refractivity (Wildman–Crippen MR) is 81.3 cm³/mol. The fraction of sp³-hybridized carbons (Fsp3) is 0.333. The van der Waals surface area contributed by atoms with E-state index < -0.39 is 0 Å². The smallest absolute Gasteiger partial charge is 0.233 e. The molecule has 3 rings (SSSR count). The van der Waals surface area contributed by atoms with Gasteiger partial charge >= 0.3 is 0 Å². The number of carbonyl (C=O) groups is 1. The number of nitrogens with one attached hydrogen (secondary N) is 2. The van der Waals surface area contributed by atoms with Crippen LogP contribution in [0.4, 0.5) is 5.82 Å². The van der Waals surface area contributed by atoms with Gasteiger partial charge in [-0.1, -0.05) is 13.3 Å². The molecule has 0 aliphatic carbocycles. The standard InChI is InChI=1S/C15H17N5O2/c1-2-3-6-11-18-14-13(16-9-17-14)15(19-11)20-12(21)8-10-5-4-7-22-10/h4-5,7,9H,2-3,6,8H2,1H3,(H2,16,17,18,19,20,21). The molecule has 0 bridgehead atoms. The Bertz CT molecular complexity index is 763. The third kappa shape index (κ3) is 3.13. The van der Waals surface area contributed by atoms with Gasteiger partial charge in [-0.15, -0.1) is 0 Å². The number of fused-ring (bicyclic) bond motifs is 1. The Labute approximate surface area is 127 Å². The van der Waals surface area contributed by atoms with Crippen molar-refractivity contribution in [1.82, 2.24) is 19.9 Å².